The van der Waals surface area contributed by atoms with Gasteiger partial charge in [-0.3, -0.25) is 9.74 Å². The molecule has 0 atom stereocenters. The lowest BCUT2D eigenvalue weighted by atomic mass is 10.1. The molecule has 6 heteroatoms. The van der Waals surface area contributed by atoms with Crippen molar-refractivity contribution in [1.29, 1.82) is 0 Å². The summed E-state index contributed by atoms with van der Waals surface area (Å²) >= 11 is 0. The lowest BCUT2D eigenvalue weighted by Gasteiger charge is -2.31. The van der Waals surface area contributed by atoms with Gasteiger partial charge in [-0.05, 0) is 99.4 Å². The number of carbonyl (C=O) groups is 1. The molecular weight excluding hydrogens is 594 g/mol. The Balaban J connectivity index is 1.45. The Hall–Kier alpha value is -3.97. The van der Waals surface area contributed by atoms with Crippen LogP contribution in [0, 0.1) is 27.7 Å². The number of rotatable bonds is 16. The molecular formula is C42H55N3O3. The van der Waals surface area contributed by atoms with Gasteiger partial charge in [-0.25, -0.2) is 4.79 Å². The van der Waals surface area contributed by atoms with Gasteiger partial charge >= 0.3 is 6.09 Å². The highest BCUT2D eigenvalue weighted by atomic mass is 16.7. The summed E-state index contributed by atoms with van der Waals surface area (Å²) in [6.07, 6.45) is 0.401. The molecule has 1 amide bonds. The topological polar surface area (TPSA) is 45.2 Å². The van der Waals surface area contributed by atoms with Crippen molar-refractivity contribution in [3.8, 4) is 0 Å². The Morgan fingerprint density at radius 1 is 0.562 bits per heavy atom. The zero-order valence-corrected chi connectivity index (χ0v) is 30.2. The van der Waals surface area contributed by atoms with E-state index in [0.717, 1.165) is 19.6 Å². The maximum absolute atomic E-state index is 13.5. The molecule has 0 fully saturated rings. The van der Waals surface area contributed by atoms with Gasteiger partial charge in [-0.1, -0.05) is 97.1 Å². The van der Waals surface area contributed by atoms with Gasteiger partial charge in [0.1, 0.15) is 5.60 Å². The van der Waals surface area contributed by atoms with Crippen LogP contribution in [0.15, 0.2) is 97.1 Å². The first-order valence-corrected chi connectivity index (χ1v) is 17.2. The molecule has 0 aromatic heterocycles. The van der Waals surface area contributed by atoms with E-state index in [1.54, 1.807) is 0 Å². The first-order chi connectivity index (χ1) is 23.0. The number of hydroxylamine groups is 2. The maximum atomic E-state index is 13.5. The van der Waals surface area contributed by atoms with Gasteiger partial charge in [0.25, 0.3) is 0 Å². The SMILES string of the molecule is Cc1ccccc1CN(CCN(CCCON(Cc1ccccc1C)Cc1ccccc1C)C(=O)OC(C)(C)C)Cc1ccccc1C. The summed E-state index contributed by atoms with van der Waals surface area (Å²) < 4.78 is 5.89. The molecule has 0 spiro atoms. The zero-order valence-electron chi connectivity index (χ0n) is 30.2. The highest BCUT2D eigenvalue weighted by molar-refractivity contribution is 5.68. The fraction of sp³-hybridized carbons (Fsp3) is 0.405. The van der Waals surface area contributed by atoms with Gasteiger partial charge in [0.2, 0.25) is 0 Å². The van der Waals surface area contributed by atoms with Crippen LogP contribution in [0.2, 0.25) is 0 Å². The molecule has 4 rings (SSSR count). The van der Waals surface area contributed by atoms with Crippen molar-refractivity contribution in [3.05, 3.63) is 142 Å². The molecule has 0 saturated heterocycles. The summed E-state index contributed by atoms with van der Waals surface area (Å²) in [5, 5.41) is 2.05. The monoisotopic (exact) mass is 649 g/mol. The standard InChI is InChI=1S/C42H55N3O3/c1-33-17-8-12-21-37(33)29-43(30-38-22-13-9-18-34(38)2)26-27-44(41(46)48-42(5,6)7)25-16-28-47-45(31-39-23-14-10-19-35(39)3)32-40-24-15-11-20-36(40)4/h8-15,17-24H,16,25-32H2,1-7H3. The van der Waals surface area contributed by atoms with E-state index in [-0.39, 0.29) is 6.09 Å². The first-order valence-electron chi connectivity index (χ1n) is 17.2. The molecule has 0 N–H and O–H groups in total. The Morgan fingerprint density at radius 2 is 0.958 bits per heavy atom. The van der Waals surface area contributed by atoms with Crippen molar-refractivity contribution in [1.82, 2.24) is 14.9 Å². The van der Waals surface area contributed by atoms with Gasteiger partial charge in [0.05, 0.1) is 6.61 Å². The van der Waals surface area contributed by atoms with E-state index in [0.29, 0.717) is 39.2 Å². The van der Waals surface area contributed by atoms with Crippen LogP contribution in [0.1, 0.15) is 71.7 Å². The van der Waals surface area contributed by atoms with Gasteiger partial charge in [-0.15, -0.1) is 0 Å². The number of benzene rings is 4. The second-order valence-electron chi connectivity index (χ2n) is 13.9. The molecule has 0 aliphatic rings. The molecule has 0 radical (unpaired) electrons. The van der Waals surface area contributed by atoms with E-state index < -0.39 is 5.60 Å². The van der Waals surface area contributed by atoms with E-state index >= 15 is 0 Å². The molecule has 0 heterocycles. The molecule has 4 aromatic carbocycles. The van der Waals surface area contributed by atoms with Crippen molar-refractivity contribution in [2.45, 2.75) is 86.7 Å². The third kappa shape index (κ3) is 11.9. The minimum absolute atomic E-state index is 0.286. The van der Waals surface area contributed by atoms with E-state index in [2.05, 4.69) is 135 Å². The van der Waals surface area contributed by atoms with Crippen molar-refractivity contribution in [2.24, 2.45) is 0 Å². The van der Waals surface area contributed by atoms with E-state index in [1.807, 2.05) is 25.7 Å². The molecule has 0 aliphatic heterocycles. The van der Waals surface area contributed by atoms with Crippen molar-refractivity contribution < 1.29 is 14.4 Å². The number of amides is 1. The smallest absolute Gasteiger partial charge is 0.410 e. The summed E-state index contributed by atoms with van der Waals surface area (Å²) in [7, 11) is 0. The minimum Gasteiger partial charge on any atom is -0.444 e. The normalized spacial score (nSPS) is 11.7. The lowest BCUT2D eigenvalue weighted by molar-refractivity contribution is -0.175. The van der Waals surface area contributed by atoms with E-state index in [1.165, 1.54) is 44.5 Å². The molecule has 0 unspecified atom stereocenters. The lowest BCUT2D eigenvalue weighted by Crippen LogP contribution is -2.42. The summed E-state index contributed by atoms with van der Waals surface area (Å²) in [5.41, 5.74) is 9.53. The van der Waals surface area contributed by atoms with Crippen LogP contribution in [0.25, 0.3) is 0 Å². The third-order valence-corrected chi connectivity index (χ3v) is 8.71. The number of hydrogen-bond acceptors (Lipinski definition) is 5. The second-order valence-corrected chi connectivity index (χ2v) is 13.9. The number of aryl methyl sites for hydroxylation is 4. The Morgan fingerprint density at radius 3 is 1.35 bits per heavy atom. The predicted octanol–water partition coefficient (Wildman–Crippen LogP) is 9.18. The Kier molecular flexibility index (Phi) is 13.8. The van der Waals surface area contributed by atoms with Crippen LogP contribution >= 0.6 is 0 Å². The summed E-state index contributed by atoms with van der Waals surface area (Å²) in [4.78, 5) is 24.2. The van der Waals surface area contributed by atoms with Crippen LogP contribution in [-0.2, 0) is 35.8 Å². The molecule has 0 saturated carbocycles. The zero-order chi connectivity index (χ0) is 34.5. The quantitative estimate of drug-likeness (QED) is 0.0895. The second kappa shape index (κ2) is 18.0. The summed E-state index contributed by atoms with van der Waals surface area (Å²) in [6, 6.07) is 34.0. The van der Waals surface area contributed by atoms with Crippen LogP contribution in [0.3, 0.4) is 0 Å². The largest absolute Gasteiger partial charge is 0.444 e. The van der Waals surface area contributed by atoms with Gasteiger partial charge < -0.3 is 9.64 Å². The third-order valence-electron chi connectivity index (χ3n) is 8.71. The average Bonchev–Trinajstić information content (AvgIpc) is 3.03. The Bertz CT molecular complexity index is 1500. The van der Waals surface area contributed by atoms with Gasteiger partial charge in [0, 0.05) is 45.8 Å². The fourth-order valence-electron chi connectivity index (χ4n) is 5.71. The van der Waals surface area contributed by atoms with E-state index in [4.69, 9.17) is 9.57 Å². The molecule has 6 nitrogen and oxygen atoms in total. The molecule has 4 aromatic rings. The molecule has 0 bridgehead atoms. The van der Waals surface area contributed by atoms with Gasteiger partial charge in [0.15, 0.2) is 0 Å². The van der Waals surface area contributed by atoms with Gasteiger partial charge in [-0.2, -0.15) is 5.06 Å². The van der Waals surface area contributed by atoms with E-state index in [9.17, 15) is 4.79 Å². The van der Waals surface area contributed by atoms with Crippen LogP contribution in [0.5, 0.6) is 0 Å². The van der Waals surface area contributed by atoms with Crippen LogP contribution in [0.4, 0.5) is 4.79 Å². The summed E-state index contributed by atoms with van der Waals surface area (Å²) in [5.74, 6) is 0. The number of ether oxygens (including phenoxy) is 1. The summed E-state index contributed by atoms with van der Waals surface area (Å²) in [6.45, 7) is 19.7. The Labute approximate surface area is 289 Å². The molecule has 256 valence electrons. The minimum atomic E-state index is -0.578. The van der Waals surface area contributed by atoms with Crippen molar-refractivity contribution in [3.63, 3.8) is 0 Å². The molecule has 0 aliphatic carbocycles. The van der Waals surface area contributed by atoms with Crippen LogP contribution in [-0.4, -0.2) is 52.8 Å². The number of nitrogens with zero attached hydrogens (tertiary/aromatic N) is 3. The number of carbonyl (C=O) groups excluding carboxylic acids is 1. The predicted molar refractivity (Wildman–Crippen MR) is 196 cm³/mol. The maximum Gasteiger partial charge on any atom is 0.410 e. The van der Waals surface area contributed by atoms with Crippen molar-refractivity contribution in [2.75, 3.05) is 26.2 Å². The first kappa shape index (κ1) is 36.9. The molecule has 48 heavy (non-hydrogen) atoms. The van der Waals surface area contributed by atoms with Crippen LogP contribution < -0.4 is 0 Å². The highest BCUT2D eigenvalue weighted by Gasteiger charge is 2.23. The number of hydrogen-bond donors (Lipinski definition) is 0. The highest BCUT2D eigenvalue weighted by Crippen LogP contribution is 2.19. The van der Waals surface area contributed by atoms with Crippen molar-refractivity contribution >= 4 is 6.09 Å². The fourth-order valence-corrected chi connectivity index (χ4v) is 5.71. The average molecular weight is 650 g/mol.